The number of methoxy groups -OCH3 is 1. The van der Waals surface area contributed by atoms with E-state index < -0.39 is 17.5 Å². The molecule has 0 saturated carbocycles. The predicted molar refractivity (Wildman–Crippen MR) is 41.7 cm³/mol. The fourth-order valence-electron chi connectivity index (χ4n) is 0.441. The van der Waals surface area contributed by atoms with E-state index in [1.165, 1.54) is 7.11 Å². The smallest absolute Gasteiger partial charge is 0.394 e. The molecule has 0 heterocycles. The zero-order valence-electron chi connectivity index (χ0n) is 7.38. The Morgan fingerprint density at radius 3 is 2.33 bits per heavy atom. The highest BCUT2D eigenvalue weighted by atomic mass is 16.5. The zero-order chi connectivity index (χ0) is 9.78. The van der Waals surface area contributed by atoms with Crippen LogP contribution in [-0.4, -0.2) is 36.2 Å². The van der Waals surface area contributed by atoms with Crippen molar-refractivity contribution in [1.29, 1.82) is 0 Å². The Morgan fingerprint density at radius 2 is 2.00 bits per heavy atom. The fourth-order valence-corrected chi connectivity index (χ4v) is 0.441. The number of amides is 1. The maximum Gasteiger partial charge on any atom is 0.394 e. The molecule has 0 bridgehead atoms. The highest BCUT2D eigenvalue weighted by molar-refractivity contribution is 6.31. The van der Waals surface area contributed by atoms with Crippen molar-refractivity contribution in [3.8, 4) is 0 Å². The molecule has 12 heavy (non-hydrogen) atoms. The minimum absolute atomic E-state index is 0.175. The lowest BCUT2D eigenvalue weighted by molar-refractivity contribution is -0.150. The molecule has 0 fully saturated rings. The lowest BCUT2D eigenvalue weighted by Gasteiger charge is -2.22. The number of nitrogens with one attached hydrogen (secondary N) is 1. The lowest BCUT2D eigenvalue weighted by atomic mass is 10.1. The average molecular weight is 175 g/mol. The summed E-state index contributed by atoms with van der Waals surface area (Å²) in [7, 11) is 1.49. The normalized spacial score (nSPS) is 10.9. The highest BCUT2D eigenvalue weighted by Crippen LogP contribution is 2.04. The maximum atomic E-state index is 10.5. The molecule has 0 rings (SSSR count). The summed E-state index contributed by atoms with van der Waals surface area (Å²) in [6.45, 7) is 3.67. The van der Waals surface area contributed by atoms with Gasteiger partial charge in [-0.2, -0.15) is 0 Å². The van der Waals surface area contributed by atoms with Gasteiger partial charge in [-0.15, -0.1) is 0 Å². The number of carbonyl (C=O) groups excluding carboxylic acids is 1. The summed E-state index contributed by atoms with van der Waals surface area (Å²) in [4.78, 5) is 20.6. The highest BCUT2D eigenvalue weighted by Gasteiger charge is 2.19. The number of rotatable bonds is 3. The quantitative estimate of drug-likeness (QED) is 0.573. The number of ether oxygens (including phenoxy) is 1. The second kappa shape index (κ2) is 4.06. The predicted octanol–water partition coefficient (Wildman–Crippen LogP) is -0.388. The summed E-state index contributed by atoms with van der Waals surface area (Å²) in [6, 6.07) is 0. The summed E-state index contributed by atoms with van der Waals surface area (Å²) >= 11 is 0. The van der Waals surface area contributed by atoms with E-state index in [0.717, 1.165) is 0 Å². The van der Waals surface area contributed by atoms with E-state index in [4.69, 9.17) is 9.84 Å². The average Bonchev–Trinajstić information content (AvgIpc) is 2.00. The van der Waals surface area contributed by atoms with Gasteiger partial charge in [0.15, 0.2) is 0 Å². The molecule has 0 atom stereocenters. The Labute approximate surface area is 70.7 Å². The molecule has 0 saturated heterocycles. The third kappa shape index (κ3) is 3.92. The van der Waals surface area contributed by atoms with Crippen LogP contribution in [-0.2, 0) is 14.3 Å². The molecule has 0 aliphatic carbocycles. The molecule has 0 aromatic heterocycles. The van der Waals surface area contributed by atoms with E-state index in [1.54, 1.807) is 13.8 Å². The molecule has 5 nitrogen and oxygen atoms in total. The summed E-state index contributed by atoms with van der Waals surface area (Å²) in [5.41, 5.74) is -0.537. The van der Waals surface area contributed by atoms with Crippen LogP contribution in [0.4, 0.5) is 0 Å². The Bertz CT molecular complexity index is 188. The van der Waals surface area contributed by atoms with E-state index in [1.807, 2.05) is 0 Å². The van der Waals surface area contributed by atoms with E-state index in [2.05, 4.69) is 5.32 Å². The second-order valence-corrected chi connectivity index (χ2v) is 2.95. The molecule has 0 aromatic rings. The molecule has 0 aliphatic rings. The van der Waals surface area contributed by atoms with Crippen LogP contribution in [0.3, 0.4) is 0 Å². The second-order valence-electron chi connectivity index (χ2n) is 2.95. The summed E-state index contributed by atoms with van der Waals surface area (Å²) in [5.74, 6) is -2.50. The van der Waals surface area contributed by atoms with Crippen molar-refractivity contribution in [3.05, 3.63) is 0 Å². The van der Waals surface area contributed by atoms with Crippen molar-refractivity contribution in [2.24, 2.45) is 0 Å². The van der Waals surface area contributed by atoms with Gasteiger partial charge in [0.1, 0.15) is 0 Å². The summed E-state index contributed by atoms with van der Waals surface area (Å²) in [6.07, 6.45) is 0. The minimum Gasteiger partial charge on any atom is -0.474 e. The van der Waals surface area contributed by atoms with Crippen LogP contribution in [0.5, 0.6) is 0 Å². The largest absolute Gasteiger partial charge is 0.474 e. The number of carboxylic acids is 1. The van der Waals surface area contributed by atoms with Crippen molar-refractivity contribution in [2.75, 3.05) is 13.7 Å². The standard InChI is InChI=1S/C7H13NO4/c1-7(2,12-3)4-8-5(9)6(10)11/h4H2,1-3H3,(H,8,9)(H,10,11). The first-order chi connectivity index (χ1) is 5.39. The van der Waals surface area contributed by atoms with E-state index in [9.17, 15) is 9.59 Å². The van der Waals surface area contributed by atoms with E-state index in [0.29, 0.717) is 0 Å². The Hall–Kier alpha value is -1.10. The van der Waals surface area contributed by atoms with Crippen molar-refractivity contribution in [2.45, 2.75) is 19.4 Å². The molecule has 0 spiro atoms. The number of hydrogen-bond acceptors (Lipinski definition) is 3. The van der Waals surface area contributed by atoms with Gasteiger partial charge in [0.25, 0.3) is 0 Å². The van der Waals surface area contributed by atoms with Gasteiger partial charge in [-0.05, 0) is 13.8 Å². The van der Waals surface area contributed by atoms with Crippen LogP contribution >= 0.6 is 0 Å². The van der Waals surface area contributed by atoms with Gasteiger partial charge in [0, 0.05) is 13.7 Å². The number of aliphatic carboxylic acids is 1. The summed E-state index contributed by atoms with van der Waals surface area (Å²) in [5, 5.41) is 10.4. The molecular weight excluding hydrogens is 162 g/mol. The molecule has 0 aliphatic heterocycles. The van der Waals surface area contributed by atoms with Gasteiger partial charge in [-0.25, -0.2) is 4.79 Å². The van der Waals surface area contributed by atoms with Crippen molar-refractivity contribution in [1.82, 2.24) is 5.32 Å². The molecule has 0 radical (unpaired) electrons. The van der Waals surface area contributed by atoms with Crippen LogP contribution in [0.1, 0.15) is 13.8 Å². The van der Waals surface area contributed by atoms with Crippen molar-refractivity contribution < 1.29 is 19.4 Å². The Kier molecular flexibility index (Phi) is 3.69. The minimum atomic E-state index is -1.48. The zero-order valence-corrected chi connectivity index (χ0v) is 7.38. The van der Waals surface area contributed by atoms with Crippen molar-refractivity contribution in [3.63, 3.8) is 0 Å². The SMILES string of the molecule is COC(C)(C)CNC(=O)C(=O)O. The first kappa shape index (κ1) is 10.9. The van der Waals surface area contributed by atoms with E-state index >= 15 is 0 Å². The maximum absolute atomic E-state index is 10.5. The van der Waals surface area contributed by atoms with Gasteiger partial charge < -0.3 is 15.2 Å². The monoisotopic (exact) mass is 175 g/mol. The fraction of sp³-hybridized carbons (Fsp3) is 0.714. The van der Waals surface area contributed by atoms with Gasteiger partial charge in [0.05, 0.1) is 5.60 Å². The van der Waals surface area contributed by atoms with Gasteiger partial charge in [-0.3, -0.25) is 4.79 Å². The van der Waals surface area contributed by atoms with Gasteiger partial charge >= 0.3 is 11.9 Å². The number of carboxylic acid groups (broad SMARTS) is 1. The Morgan fingerprint density at radius 1 is 1.50 bits per heavy atom. The molecule has 0 unspecified atom stereocenters. The van der Waals surface area contributed by atoms with Crippen LogP contribution in [0.25, 0.3) is 0 Å². The van der Waals surface area contributed by atoms with Crippen LogP contribution < -0.4 is 5.32 Å². The third-order valence-electron chi connectivity index (χ3n) is 1.42. The molecule has 2 N–H and O–H groups in total. The number of hydrogen-bond donors (Lipinski definition) is 2. The Balaban J connectivity index is 3.83. The topological polar surface area (TPSA) is 75.6 Å². The van der Waals surface area contributed by atoms with Crippen LogP contribution in [0, 0.1) is 0 Å². The third-order valence-corrected chi connectivity index (χ3v) is 1.42. The molecule has 70 valence electrons. The lowest BCUT2D eigenvalue weighted by Crippen LogP contribution is -2.42. The van der Waals surface area contributed by atoms with Crippen molar-refractivity contribution >= 4 is 11.9 Å². The molecule has 1 amide bonds. The first-order valence-electron chi connectivity index (χ1n) is 3.45. The van der Waals surface area contributed by atoms with Gasteiger partial charge in [0.2, 0.25) is 0 Å². The molecule has 0 aromatic carbocycles. The first-order valence-corrected chi connectivity index (χ1v) is 3.45. The number of carbonyl (C=O) groups is 2. The molecular formula is C7H13NO4. The van der Waals surface area contributed by atoms with E-state index in [-0.39, 0.29) is 6.54 Å². The van der Waals surface area contributed by atoms with Crippen LogP contribution in [0.15, 0.2) is 0 Å². The summed E-state index contributed by atoms with van der Waals surface area (Å²) < 4.78 is 4.96. The molecule has 5 heteroatoms. The van der Waals surface area contributed by atoms with Crippen LogP contribution in [0.2, 0.25) is 0 Å². The van der Waals surface area contributed by atoms with Gasteiger partial charge in [-0.1, -0.05) is 0 Å².